The quantitative estimate of drug-likeness (QED) is 0.895. The molecule has 0 unspecified atom stereocenters. The van der Waals surface area contributed by atoms with E-state index in [4.69, 9.17) is 4.74 Å². The summed E-state index contributed by atoms with van der Waals surface area (Å²) in [4.78, 5) is 12.0. The van der Waals surface area contributed by atoms with Crippen LogP contribution in [0.25, 0.3) is 0 Å². The molecule has 1 aromatic carbocycles. The smallest absolute Gasteiger partial charge is 0.244 e. The van der Waals surface area contributed by atoms with E-state index in [2.05, 4.69) is 26.6 Å². The molecule has 18 heavy (non-hydrogen) atoms. The number of hydrogen-bond acceptors (Lipinski definition) is 3. The molecule has 0 saturated carbocycles. The number of carbonyl (C=O) groups excluding carboxylic acids is 1. The van der Waals surface area contributed by atoms with Crippen molar-refractivity contribution in [2.24, 2.45) is 0 Å². The van der Waals surface area contributed by atoms with Crippen LogP contribution in [0.15, 0.2) is 22.7 Å². The predicted molar refractivity (Wildman–Crippen MR) is 69.9 cm³/mol. The minimum atomic E-state index is -0.474. The van der Waals surface area contributed by atoms with Crippen LogP contribution in [0.1, 0.15) is 6.42 Å². The number of nitrogens with one attached hydrogen (secondary N) is 2. The zero-order chi connectivity index (χ0) is 13.1. The Morgan fingerprint density at radius 2 is 2.39 bits per heavy atom. The predicted octanol–water partition coefficient (Wildman–Crippen LogP) is 1.90. The van der Waals surface area contributed by atoms with Gasteiger partial charge in [-0.15, -0.1) is 0 Å². The van der Waals surface area contributed by atoms with E-state index >= 15 is 0 Å². The molecule has 1 aliphatic heterocycles. The van der Waals surface area contributed by atoms with Gasteiger partial charge in [0.15, 0.2) is 5.82 Å². The molecule has 1 heterocycles. The van der Waals surface area contributed by atoms with Crippen molar-refractivity contribution in [2.45, 2.75) is 18.6 Å². The van der Waals surface area contributed by atoms with Crippen LogP contribution in [0.2, 0.25) is 0 Å². The Morgan fingerprint density at radius 3 is 3.11 bits per heavy atom. The molecule has 1 saturated heterocycles. The van der Waals surface area contributed by atoms with Gasteiger partial charge < -0.3 is 15.4 Å². The number of hydrogen-bond donors (Lipinski definition) is 2. The van der Waals surface area contributed by atoms with Gasteiger partial charge in [-0.05, 0) is 41.0 Å². The Kier molecular flexibility index (Phi) is 4.31. The Hall–Kier alpha value is -0.980. The van der Waals surface area contributed by atoms with Gasteiger partial charge in [0.25, 0.3) is 0 Å². The lowest BCUT2D eigenvalue weighted by Crippen LogP contribution is -2.43. The second kappa shape index (κ2) is 5.77. The molecule has 0 spiro atoms. The first-order valence-electron chi connectivity index (χ1n) is 5.64. The largest absolute Gasteiger partial charge is 0.379 e. The fraction of sp³-hybridized carbons (Fsp3) is 0.417. The summed E-state index contributed by atoms with van der Waals surface area (Å²) in [5.41, 5.74) is 0.165. The molecule has 0 bridgehead atoms. The lowest BCUT2D eigenvalue weighted by Gasteiger charge is -2.18. The summed E-state index contributed by atoms with van der Waals surface area (Å²) in [6.45, 7) is 0.720. The van der Waals surface area contributed by atoms with E-state index in [1.807, 2.05) is 0 Å². The van der Waals surface area contributed by atoms with Gasteiger partial charge in [0.2, 0.25) is 5.91 Å². The highest BCUT2D eigenvalue weighted by Gasteiger charge is 2.33. The lowest BCUT2D eigenvalue weighted by molar-refractivity contribution is -0.120. The maximum atomic E-state index is 13.7. The third-order valence-electron chi connectivity index (χ3n) is 2.96. The van der Waals surface area contributed by atoms with Crippen LogP contribution < -0.4 is 10.6 Å². The first-order chi connectivity index (χ1) is 8.63. The fourth-order valence-corrected chi connectivity index (χ4v) is 2.37. The molecule has 1 fully saturated rings. The van der Waals surface area contributed by atoms with Crippen molar-refractivity contribution < 1.29 is 13.9 Å². The van der Waals surface area contributed by atoms with Crippen LogP contribution in [0.5, 0.6) is 0 Å². The van der Waals surface area contributed by atoms with Crippen LogP contribution in [0.3, 0.4) is 0 Å². The average molecular weight is 317 g/mol. The Bertz CT molecular complexity index is 456. The number of methoxy groups -OCH3 is 1. The molecule has 0 aliphatic carbocycles. The van der Waals surface area contributed by atoms with Gasteiger partial charge in [0, 0.05) is 7.11 Å². The number of ether oxygens (including phenoxy) is 1. The second-order valence-corrected chi connectivity index (χ2v) is 4.94. The summed E-state index contributed by atoms with van der Waals surface area (Å²) >= 11 is 3.08. The molecular formula is C12H14BrFN2O2. The molecule has 0 aromatic heterocycles. The van der Waals surface area contributed by atoms with Gasteiger partial charge in [-0.3, -0.25) is 4.79 Å². The van der Waals surface area contributed by atoms with Crippen molar-refractivity contribution in [1.82, 2.24) is 5.32 Å². The molecule has 2 atom stereocenters. The van der Waals surface area contributed by atoms with Crippen molar-refractivity contribution in [2.75, 3.05) is 19.0 Å². The van der Waals surface area contributed by atoms with E-state index in [0.717, 1.165) is 13.0 Å². The first-order valence-corrected chi connectivity index (χ1v) is 6.44. The van der Waals surface area contributed by atoms with E-state index < -0.39 is 11.9 Å². The van der Waals surface area contributed by atoms with E-state index in [9.17, 15) is 9.18 Å². The number of amides is 1. The van der Waals surface area contributed by atoms with Crippen molar-refractivity contribution in [3.05, 3.63) is 28.5 Å². The summed E-state index contributed by atoms with van der Waals surface area (Å²) in [5.74, 6) is -0.755. The first kappa shape index (κ1) is 13.5. The molecular weight excluding hydrogens is 303 g/mol. The number of halogens is 2. The molecule has 98 valence electrons. The molecule has 1 aliphatic rings. The van der Waals surface area contributed by atoms with Crippen molar-refractivity contribution in [3.8, 4) is 0 Å². The highest BCUT2D eigenvalue weighted by Crippen LogP contribution is 2.23. The Balaban J connectivity index is 2.09. The Labute approximate surface area is 113 Å². The lowest BCUT2D eigenvalue weighted by atomic mass is 10.1. The summed E-state index contributed by atoms with van der Waals surface area (Å²) in [5, 5.41) is 5.61. The minimum Gasteiger partial charge on any atom is -0.379 e. The zero-order valence-corrected chi connectivity index (χ0v) is 11.5. The number of carbonyl (C=O) groups is 1. The van der Waals surface area contributed by atoms with E-state index in [1.54, 1.807) is 19.2 Å². The van der Waals surface area contributed by atoms with Crippen LogP contribution >= 0.6 is 15.9 Å². The van der Waals surface area contributed by atoms with Crippen LogP contribution in [-0.2, 0) is 9.53 Å². The van der Waals surface area contributed by atoms with Crippen LogP contribution in [0.4, 0.5) is 10.1 Å². The molecule has 4 nitrogen and oxygen atoms in total. The summed E-state index contributed by atoms with van der Waals surface area (Å²) in [6.07, 6.45) is 0.607. The van der Waals surface area contributed by atoms with Gasteiger partial charge >= 0.3 is 0 Å². The van der Waals surface area contributed by atoms with Crippen molar-refractivity contribution in [1.29, 1.82) is 0 Å². The topological polar surface area (TPSA) is 50.4 Å². The third-order valence-corrected chi connectivity index (χ3v) is 3.57. The number of benzene rings is 1. The number of anilines is 1. The van der Waals surface area contributed by atoms with E-state index in [-0.39, 0.29) is 17.7 Å². The number of rotatable bonds is 3. The molecule has 1 amide bonds. The molecule has 6 heteroatoms. The highest BCUT2D eigenvalue weighted by atomic mass is 79.9. The third kappa shape index (κ3) is 2.71. The van der Waals surface area contributed by atoms with E-state index in [0.29, 0.717) is 4.47 Å². The Morgan fingerprint density at radius 1 is 1.61 bits per heavy atom. The monoisotopic (exact) mass is 316 g/mol. The highest BCUT2D eigenvalue weighted by molar-refractivity contribution is 9.10. The van der Waals surface area contributed by atoms with Gasteiger partial charge in [-0.1, -0.05) is 6.07 Å². The van der Waals surface area contributed by atoms with Gasteiger partial charge in [0.1, 0.15) is 6.04 Å². The zero-order valence-electron chi connectivity index (χ0n) is 9.87. The van der Waals surface area contributed by atoms with E-state index in [1.165, 1.54) is 6.07 Å². The van der Waals surface area contributed by atoms with Gasteiger partial charge in [-0.25, -0.2) is 4.39 Å². The summed E-state index contributed by atoms with van der Waals surface area (Å²) < 4.78 is 19.2. The normalized spacial score (nSPS) is 23.1. The average Bonchev–Trinajstić information content (AvgIpc) is 2.83. The van der Waals surface area contributed by atoms with Crippen LogP contribution in [-0.4, -0.2) is 31.7 Å². The molecule has 2 rings (SSSR count). The van der Waals surface area contributed by atoms with Gasteiger partial charge in [0.05, 0.1) is 16.3 Å². The minimum absolute atomic E-state index is 0.165. The van der Waals surface area contributed by atoms with Crippen LogP contribution in [0, 0.1) is 5.82 Å². The SMILES string of the molecule is CO[C@@H]1CCN[C@@H]1C(=O)Nc1cccc(Br)c1F. The van der Waals surface area contributed by atoms with Crippen molar-refractivity contribution >= 4 is 27.5 Å². The molecule has 1 aromatic rings. The van der Waals surface area contributed by atoms with Gasteiger partial charge in [-0.2, -0.15) is 0 Å². The maximum absolute atomic E-state index is 13.7. The van der Waals surface area contributed by atoms with Crippen molar-refractivity contribution in [3.63, 3.8) is 0 Å². The summed E-state index contributed by atoms with van der Waals surface area (Å²) in [6, 6.07) is 4.33. The standard InChI is InChI=1S/C12H14BrFN2O2/c1-18-9-5-6-15-11(9)12(17)16-8-4-2-3-7(13)10(8)14/h2-4,9,11,15H,5-6H2,1H3,(H,16,17)/t9-,11+/m1/s1. The maximum Gasteiger partial charge on any atom is 0.244 e. The fourth-order valence-electron chi connectivity index (χ4n) is 2.01. The molecule has 0 radical (unpaired) electrons. The summed E-state index contributed by atoms with van der Waals surface area (Å²) in [7, 11) is 1.57. The molecule has 2 N–H and O–H groups in total. The second-order valence-electron chi connectivity index (χ2n) is 4.09.